The van der Waals surface area contributed by atoms with Gasteiger partial charge in [0.25, 0.3) is 5.91 Å². The summed E-state index contributed by atoms with van der Waals surface area (Å²) in [4.78, 5) is 13.2. The third kappa shape index (κ3) is 4.57. The predicted octanol–water partition coefficient (Wildman–Crippen LogP) is 5.74. The predicted molar refractivity (Wildman–Crippen MR) is 125 cm³/mol. The van der Waals surface area contributed by atoms with Crippen LogP contribution in [0.1, 0.15) is 56.0 Å². The van der Waals surface area contributed by atoms with Crippen molar-refractivity contribution in [2.24, 2.45) is 5.10 Å². The molecule has 0 aromatic heterocycles. The van der Waals surface area contributed by atoms with Crippen molar-refractivity contribution < 1.29 is 9.18 Å². The highest BCUT2D eigenvalue weighted by atomic mass is 19.1. The Kier molecular flexibility index (Phi) is 6.08. The molecule has 4 rings (SSSR count). The summed E-state index contributed by atoms with van der Waals surface area (Å²) >= 11 is 0. The van der Waals surface area contributed by atoms with Gasteiger partial charge in [0.05, 0.1) is 17.6 Å². The van der Waals surface area contributed by atoms with E-state index >= 15 is 0 Å². The first-order chi connectivity index (χ1) is 15.3. The Bertz CT molecular complexity index is 1090. The molecule has 0 bridgehead atoms. The molecule has 3 aromatic rings. The number of halogens is 1. The fourth-order valence-corrected chi connectivity index (χ4v) is 4.15. The summed E-state index contributed by atoms with van der Waals surface area (Å²) < 4.78 is 13.3. The van der Waals surface area contributed by atoms with Crippen LogP contribution in [0.3, 0.4) is 0 Å². The minimum atomic E-state index is -0.659. The monoisotopic (exact) mass is 429 g/mol. The number of hydrogen-bond acceptors (Lipinski definition) is 3. The van der Waals surface area contributed by atoms with Crippen LogP contribution < -0.4 is 5.32 Å². The molecule has 1 heterocycles. The van der Waals surface area contributed by atoms with Gasteiger partial charge in [0.1, 0.15) is 11.5 Å². The molecule has 164 valence electrons. The first kappa shape index (κ1) is 21.8. The summed E-state index contributed by atoms with van der Waals surface area (Å²) in [5, 5.41) is 9.91. The molecule has 0 spiro atoms. The minimum absolute atomic E-state index is 0.0109. The van der Waals surface area contributed by atoms with Crippen molar-refractivity contribution in [3.8, 4) is 0 Å². The van der Waals surface area contributed by atoms with Gasteiger partial charge in [-0.05, 0) is 49.6 Å². The van der Waals surface area contributed by atoms with Crippen LogP contribution in [0.2, 0.25) is 0 Å². The van der Waals surface area contributed by atoms with Gasteiger partial charge in [-0.25, -0.2) is 4.39 Å². The van der Waals surface area contributed by atoms with Crippen molar-refractivity contribution in [2.45, 2.75) is 44.8 Å². The summed E-state index contributed by atoms with van der Waals surface area (Å²) in [6.07, 6.45) is 0.520. The van der Waals surface area contributed by atoms with Crippen LogP contribution in [-0.2, 0) is 10.3 Å². The lowest BCUT2D eigenvalue weighted by molar-refractivity contribution is -0.116. The van der Waals surface area contributed by atoms with Crippen LogP contribution in [0.15, 0.2) is 90.0 Å². The van der Waals surface area contributed by atoms with E-state index in [-0.39, 0.29) is 23.8 Å². The summed E-state index contributed by atoms with van der Waals surface area (Å²) in [6.45, 7) is 5.93. The highest BCUT2D eigenvalue weighted by Crippen LogP contribution is 2.37. The number of nitrogens with one attached hydrogen (secondary N) is 1. The molecule has 2 unspecified atom stereocenters. The van der Waals surface area contributed by atoms with Crippen molar-refractivity contribution in [1.82, 2.24) is 10.3 Å². The largest absolute Gasteiger partial charge is 0.342 e. The number of nitrogens with zero attached hydrogens (tertiary/aromatic N) is 2. The van der Waals surface area contributed by atoms with Gasteiger partial charge in [0.2, 0.25) is 0 Å². The first-order valence-corrected chi connectivity index (χ1v) is 10.9. The van der Waals surface area contributed by atoms with Crippen LogP contribution >= 0.6 is 0 Å². The summed E-state index contributed by atoms with van der Waals surface area (Å²) in [7, 11) is 0. The third-order valence-corrected chi connectivity index (χ3v) is 6.06. The highest BCUT2D eigenvalue weighted by Gasteiger charge is 2.36. The number of carbonyl (C=O) groups excluding carboxylic acids is 1. The molecular formula is C27H28FN3O. The van der Waals surface area contributed by atoms with Crippen molar-refractivity contribution in [2.75, 3.05) is 0 Å². The Balaban J connectivity index is 1.60. The number of amides is 1. The zero-order chi connectivity index (χ0) is 22.7. The van der Waals surface area contributed by atoms with Gasteiger partial charge < -0.3 is 5.32 Å². The number of benzene rings is 3. The number of hydrazone groups is 1. The van der Waals surface area contributed by atoms with E-state index in [0.717, 1.165) is 16.7 Å². The van der Waals surface area contributed by atoms with Crippen LogP contribution in [-0.4, -0.2) is 16.6 Å². The molecule has 32 heavy (non-hydrogen) atoms. The standard InChI is InChI=1S/C27H28FN3O/c1-19(20-10-6-4-7-11-20)31-25(21-12-8-5-9-13-21)18-24(30-31)26(32)29-27(2,3)22-14-16-23(28)17-15-22/h4-17,19,25H,18H2,1-3H3,(H,29,32). The third-order valence-electron chi connectivity index (χ3n) is 6.06. The van der Waals surface area contributed by atoms with Crippen LogP contribution in [0.5, 0.6) is 0 Å². The minimum Gasteiger partial charge on any atom is -0.342 e. The molecule has 1 aliphatic rings. The number of hydrogen-bond donors (Lipinski definition) is 1. The highest BCUT2D eigenvalue weighted by molar-refractivity contribution is 6.39. The van der Waals surface area contributed by atoms with E-state index in [4.69, 9.17) is 5.10 Å². The zero-order valence-corrected chi connectivity index (χ0v) is 18.6. The second kappa shape index (κ2) is 8.95. The first-order valence-electron chi connectivity index (χ1n) is 10.9. The van der Waals surface area contributed by atoms with Crippen LogP contribution in [0.4, 0.5) is 4.39 Å². The van der Waals surface area contributed by atoms with Crippen molar-refractivity contribution >= 4 is 11.6 Å². The van der Waals surface area contributed by atoms with Crippen molar-refractivity contribution in [3.05, 3.63) is 107 Å². The summed E-state index contributed by atoms with van der Waals surface area (Å²) in [5.41, 5.74) is 2.94. The lowest BCUT2D eigenvalue weighted by Gasteiger charge is -2.30. The van der Waals surface area contributed by atoms with E-state index < -0.39 is 5.54 Å². The molecule has 1 N–H and O–H groups in total. The van der Waals surface area contributed by atoms with E-state index in [1.54, 1.807) is 12.1 Å². The van der Waals surface area contributed by atoms with E-state index in [1.807, 2.05) is 55.3 Å². The molecule has 1 amide bonds. The summed E-state index contributed by atoms with van der Waals surface area (Å²) in [5.74, 6) is -0.504. The Morgan fingerprint density at radius 2 is 1.59 bits per heavy atom. The van der Waals surface area contributed by atoms with E-state index in [0.29, 0.717) is 12.1 Å². The van der Waals surface area contributed by atoms with Gasteiger partial charge in [0.15, 0.2) is 0 Å². The van der Waals surface area contributed by atoms with Crippen molar-refractivity contribution in [1.29, 1.82) is 0 Å². The quantitative estimate of drug-likeness (QED) is 0.543. The van der Waals surface area contributed by atoms with Gasteiger partial charge >= 0.3 is 0 Å². The Hall–Kier alpha value is -3.47. The van der Waals surface area contributed by atoms with Gasteiger partial charge in [-0.2, -0.15) is 5.10 Å². The van der Waals surface area contributed by atoms with Gasteiger partial charge in [-0.1, -0.05) is 72.8 Å². The van der Waals surface area contributed by atoms with Gasteiger partial charge in [0, 0.05) is 6.42 Å². The smallest absolute Gasteiger partial charge is 0.268 e. The lowest BCUT2D eigenvalue weighted by Crippen LogP contribution is -2.44. The molecule has 0 fully saturated rings. The number of carbonyl (C=O) groups is 1. The van der Waals surface area contributed by atoms with Gasteiger partial charge in [-0.3, -0.25) is 9.80 Å². The Morgan fingerprint density at radius 3 is 2.22 bits per heavy atom. The molecule has 0 aliphatic carbocycles. The molecular weight excluding hydrogens is 401 g/mol. The molecule has 5 heteroatoms. The molecule has 0 radical (unpaired) electrons. The maximum Gasteiger partial charge on any atom is 0.268 e. The average molecular weight is 430 g/mol. The fourth-order valence-electron chi connectivity index (χ4n) is 4.15. The van der Waals surface area contributed by atoms with Crippen LogP contribution in [0.25, 0.3) is 0 Å². The molecule has 2 atom stereocenters. The number of rotatable bonds is 6. The maximum atomic E-state index is 13.3. The zero-order valence-electron chi connectivity index (χ0n) is 18.6. The lowest BCUT2D eigenvalue weighted by atomic mass is 9.93. The topological polar surface area (TPSA) is 44.7 Å². The Morgan fingerprint density at radius 1 is 1.00 bits per heavy atom. The average Bonchev–Trinajstić information content (AvgIpc) is 3.25. The van der Waals surface area contributed by atoms with Crippen molar-refractivity contribution in [3.63, 3.8) is 0 Å². The van der Waals surface area contributed by atoms with Gasteiger partial charge in [-0.15, -0.1) is 0 Å². The molecule has 1 aliphatic heterocycles. The van der Waals surface area contributed by atoms with E-state index in [1.165, 1.54) is 12.1 Å². The van der Waals surface area contributed by atoms with E-state index in [2.05, 4.69) is 36.5 Å². The molecule has 4 nitrogen and oxygen atoms in total. The molecule has 0 saturated carbocycles. The van der Waals surface area contributed by atoms with Crippen LogP contribution in [0, 0.1) is 5.82 Å². The SMILES string of the molecule is CC(c1ccccc1)N1N=C(C(=O)NC(C)(C)c2ccc(F)cc2)CC1c1ccccc1. The second-order valence-corrected chi connectivity index (χ2v) is 8.73. The van der Waals surface area contributed by atoms with E-state index in [9.17, 15) is 9.18 Å². The fraction of sp³-hybridized carbons (Fsp3) is 0.259. The Labute approximate surface area is 188 Å². The summed E-state index contributed by atoms with van der Waals surface area (Å²) in [6, 6.07) is 26.5. The normalized spacial score (nSPS) is 17.1. The molecule has 3 aromatic carbocycles. The maximum absolute atomic E-state index is 13.3. The second-order valence-electron chi connectivity index (χ2n) is 8.73. The molecule has 0 saturated heterocycles.